The number of piperidine rings is 1. The van der Waals surface area contributed by atoms with Gasteiger partial charge in [0.25, 0.3) is 0 Å². The number of aromatic nitrogens is 1. The van der Waals surface area contributed by atoms with Crippen molar-refractivity contribution in [3.63, 3.8) is 0 Å². The topological polar surface area (TPSA) is 45.7 Å². The monoisotopic (exact) mass is 347 g/mol. The lowest BCUT2D eigenvalue weighted by Crippen LogP contribution is -2.42. The molecule has 1 aromatic rings. The lowest BCUT2D eigenvalue weighted by Gasteiger charge is -2.33. The van der Waals surface area contributed by atoms with E-state index in [0.717, 1.165) is 13.0 Å². The maximum absolute atomic E-state index is 12.7. The molecule has 0 unspecified atom stereocenters. The first-order valence-electron chi connectivity index (χ1n) is 9.41. The Labute approximate surface area is 152 Å². The van der Waals surface area contributed by atoms with Crippen LogP contribution >= 0.6 is 0 Å². The second kappa shape index (κ2) is 8.17. The Bertz CT molecular complexity index is 565. The third-order valence-corrected chi connectivity index (χ3v) is 4.79. The molecule has 0 radical (unpaired) electrons. The van der Waals surface area contributed by atoms with E-state index in [1.807, 2.05) is 40.0 Å². The number of likely N-dealkylation sites (tertiary alicyclic amines) is 1. The van der Waals surface area contributed by atoms with Gasteiger partial charge in [-0.25, -0.2) is 9.78 Å². The van der Waals surface area contributed by atoms with Crippen molar-refractivity contribution in [3.05, 3.63) is 23.9 Å². The van der Waals surface area contributed by atoms with Crippen molar-refractivity contribution >= 4 is 11.9 Å². The van der Waals surface area contributed by atoms with Crippen LogP contribution in [0, 0.1) is 0 Å². The van der Waals surface area contributed by atoms with Crippen LogP contribution in [0.15, 0.2) is 18.3 Å². The maximum atomic E-state index is 12.7. The number of carbonyl (C=O) groups excluding carboxylic acids is 1. The molecule has 5 nitrogen and oxygen atoms in total. The van der Waals surface area contributed by atoms with E-state index in [9.17, 15) is 4.79 Å². The summed E-state index contributed by atoms with van der Waals surface area (Å²) in [6.45, 7) is 10.9. The zero-order valence-electron chi connectivity index (χ0n) is 16.6. The fraction of sp³-hybridized carbons (Fsp3) is 0.700. The van der Waals surface area contributed by atoms with Crippen LogP contribution in [0.1, 0.15) is 71.9 Å². The van der Waals surface area contributed by atoms with Crippen LogP contribution in [-0.4, -0.2) is 41.2 Å². The highest BCUT2D eigenvalue weighted by atomic mass is 16.6. The Hall–Kier alpha value is -1.62. The van der Waals surface area contributed by atoms with E-state index in [4.69, 9.17) is 4.74 Å². The summed E-state index contributed by atoms with van der Waals surface area (Å²) in [5.74, 6) is 0.658. The van der Waals surface area contributed by atoms with Gasteiger partial charge in [0.1, 0.15) is 11.4 Å². The normalized spacial score (nSPS) is 20.2. The Balaban J connectivity index is 2.21. The number of anilines is 1. The molecule has 1 fully saturated rings. The minimum absolute atomic E-state index is 0.0329. The molecule has 25 heavy (non-hydrogen) atoms. The van der Waals surface area contributed by atoms with Crippen LogP contribution in [0.2, 0.25) is 0 Å². The fourth-order valence-electron chi connectivity index (χ4n) is 3.23. The summed E-state index contributed by atoms with van der Waals surface area (Å²) in [5.41, 5.74) is 0.701. The lowest BCUT2D eigenvalue weighted by molar-refractivity contribution is 0.0566. The van der Waals surface area contributed by atoms with Gasteiger partial charge in [-0.05, 0) is 72.2 Å². The van der Waals surface area contributed by atoms with E-state index in [2.05, 4.69) is 29.9 Å². The molecule has 140 valence electrons. The summed E-state index contributed by atoms with van der Waals surface area (Å²) in [4.78, 5) is 21.3. The highest BCUT2D eigenvalue weighted by Gasteiger charge is 2.28. The summed E-state index contributed by atoms with van der Waals surface area (Å²) in [6, 6.07) is 4.52. The number of hydrogen-bond acceptors (Lipinski definition) is 4. The van der Waals surface area contributed by atoms with Crippen molar-refractivity contribution < 1.29 is 9.53 Å². The molecule has 1 aliphatic heterocycles. The van der Waals surface area contributed by atoms with Crippen LogP contribution in [0.5, 0.6) is 0 Å². The summed E-state index contributed by atoms with van der Waals surface area (Å²) in [6.07, 6.45) is 6.11. The van der Waals surface area contributed by atoms with E-state index >= 15 is 0 Å². The largest absolute Gasteiger partial charge is 0.443 e. The van der Waals surface area contributed by atoms with E-state index in [1.54, 1.807) is 4.90 Å². The minimum atomic E-state index is -0.520. The standard InChI is InChI=1S/C20H33N3O2/c1-7-15(2)23(19(24)25-20(3,4)5)18-12-11-16(14-21-18)17-10-8-9-13-22(17)6/h11-12,14-15,17H,7-10,13H2,1-6H3/t15-,17+/m1/s1. The van der Waals surface area contributed by atoms with Gasteiger partial charge < -0.3 is 4.74 Å². The number of rotatable bonds is 4. The molecule has 1 saturated heterocycles. The fourth-order valence-corrected chi connectivity index (χ4v) is 3.23. The molecule has 1 amide bonds. The molecule has 0 aliphatic carbocycles. The SMILES string of the molecule is CC[C@@H](C)N(C(=O)OC(C)(C)C)c1ccc([C@@H]2CCCCN2C)cn1. The second-order valence-electron chi connectivity index (χ2n) is 8.05. The van der Waals surface area contributed by atoms with Crippen LogP contribution in [0.25, 0.3) is 0 Å². The first kappa shape index (κ1) is 19.7. The third kappa shape index (κ3) is 5.18. The average molecular weight is 348 g/mol. The third-order valence-electron chi connectivity index (χ3n) is 4.79. The lowest BCUT2D eigenvalue weighted by atomic mass is 9.97. The molecule has 0 saturated carbocycles. The Kier molecular flexibility index (Phi) is 6.44. The van der Waals surface area contributed by atoms with Crippen molar-refractivity contribution in [2.75, 3.05) is 18.5 Å². The minimum Gasteiger partial charge on any atom is -0.443 e. The Morgan fingerprint density at radius 1 is 1.40 bits per heavy atom. The molecular weight excluding hydrogens is 314 g/mol. The summed E-state index contributed by atoms with van der Waals surface area (Å²) >= 11 is 0. The smallest absolute Gasteiger partial charge is 0.416 e. The molecule has 2 atom stereocenters. The van der Waals surface area contributed by atoms with Gasteiger partial charge >= 0.3 is 6.09 Å². The number of ether oxygens (including phenoxy) is 1. The first-order valence-corrected chi connectivity index (χ1v) is 9.41. The van der Waals surface area contributed by atoms with E-state index in [0.29, 0.717) is 11.9 Å². The predicted octanol–water partition coefficient (Wildman–Crippen LogP) is 4.78. The van der Waals surface area contributed by atoms with Crippen LogP contribution in [0.3, 0.4) is 0 Å². The molecule has 1 aliphatic rings. The van der Waals surface area contributed by atoms with Crippen molar-refractivity contribution in [1.82, 2.24) is 9.88 Å². The quantitative estimate of drug-likeness (QED) is 0.786. The van der Waals surface area contributed by atoms with Gasteiger partial charge in [0.15, 0.2) is 0 Å². The second-order valence-corrected chi connectivity index (χ2v) is 8.05. The van der Waals surface area contributed by atoms with Gasteiger partial charge in [0.2, 0.25) is 0 Å². The Morgan fingerprint density at radius 3 is 2.64 bits per heavy atom. The summed E-state index contributed by atoms with van der Waals surface area (Å²) in [7, 11) is 2.17. The summed E-state index contributed by atoms with van der Waals surface area (Å²) < 4.78 is 5.58. The highest BCUT2D eigenvalue weighted by molar-refractivity contribution is 5.87. The molecular formula is C20H33N3O2. The van der Waals surface area contributed by atoms with Gasteiger partial charge in [0.05, 0.1) is 0 Å². The number of pyridine rings is 1. The number of nitrogens with zero attached hydrogens (tertiary/aromatic N) is 3. The molecule has 2 rings (SSSR count). The van der Waals surface area contributed by atoms with Gasteiger partial charge in [-0.1, -0.05) is 19.4 Å². The maximum Gasteiger partial charge on any atom is 0.416 e. The summed E-state index contributed by atoms with van der Waals surface area (Å²) in [5, 5.41) is 0. The van der Waals surface area contributed by atoms with Gasteiger partial charge in [-0.3, -0.25) is 9.80 Å². The highest BCUT2D eigenvalue weighted by Crippen LogP contribution is 2.30. The van der Waals surface area contributed by atoms with Crippen molar-refractivity contribution in [2.45, 2.75) is 78.0 Å². The molecule has 0 spiro atoms. The molecule has 1 aromatic heterocycles. The zero-order chi connectivity index (χ0) is 18.6. The predicted molar refractivity (Wildman–Crippen MR) is 102 cm³/mol. The van der Waals surface area contributed by atoms with Crippen molar-refractivity contribution in [3.8, 4) is 0 Å². The van der Waals surface area contributed by atoms with Crippen molar-refractivity contribution in [2.24, 2.45) is 0 Å². The van der Waals surface area contributed by atoms with Gasteiger partial charge in [-0.15, -0.1) is 0 Å². The van der Waals surface area contributed by atoms with Crippen molar-refractivity contribution in [1.29, 1.82) is 0 Å². The number of amides is 1. The molecule has 2 heterocycles. The molecule has 0 bridgehead atoms. The van der Waals surface area contributed by atoms with Gasteiger partial charge in [-0.2, -0.15) is 0 Å². The van der Waals surface area contributed by atoms with Gasteiger partial charge in [0, 0.05) is 18.3 Å². The zero-order valence-corrected chi connectivity index (χ0v) is 16.6. The van der Waals surface area contributed by atoms with Crippen LogP contribution in [-0.2, 0) is 4.74 Å². The average Bonchev–Trinajstić information content (AvgIpc) is 2.54. The van der Waals surface area contributed by atoms with E-state index < -0.39 is 5.60 Å². The molecule has 5 heteroatoms. The Morgan fingerprint density at radius 2 is 2.12 bits per heavy atom. The first-order chi connectivity index (χ1) is 11.7. The van der Waals surface area contributed by atoms with E-state index in [1.165, 1.54) is 24.8 Å². The number of hydrogen-bond donors (Lipinski definition) is 0. The van der Waals surface area contributed by atoms with Crippen LogP contribution < -0.4 is 4.90 Å². The molecule has 0 aromatic carbocycles. The van der Waals surface area contributed by atoms with Crippen LogP contribution in [0.4, 0.5) is 10.6 Å². The number of carbonyl (C=O) groups is 1. The van der Waals surface area contributed by atoms with E-state index in [-0.39, 0.29) is 12.1 Å². The molecule has 0 N–H and O–H groups in total.